The fraction of sp³-hybridized carbons (Fsp3) is 0. The summed E-state index contributed by atoms with van der Waals surface area (Å²) < 4.78 is 5.11. The maximum absolute atomic E-state index is 11.2. The lowest BCUT2D eigenvalue weighted by Gasteiger charge is -1.94. The molecule has 0 spiro atoms. The monoisotopic (exact) mass is 178 g/mol. The predicted octanol–water partition coefficient (Wildman–Crippen LogP) is 2.08. The zero-order valence-corrected chi connectivity index (χ0v) is 7.04. The van der Waals surface area contributed by atoms with E-state index in [0.29, 0.717) is 11.0 Å². The molecule has 0 aliphatic rings. The van der Waals surface area contributed by atoms with E-state index in [9.17, 15) is 4.79 Å². The molecule has 1 aromatic carbocycles. The Labute approximate surface area is 74.2 Å². The molecule has 60 valence electrons. The Morgan fingerprint density at radius 3 is 2.92 bits per heavy atom. The van der Waals surface area contributed by atoms with Crippen molar-refractivity contribution in [1.29, 1.82) is 0 Å². The summed E-state index contributed by atoms with van der Waals surface area (Å²) >= 11 is 4.13. The predicted molar refractivity (Wildman–Crippen MR) is 49.7 cm³/mol. The third-order valence-corrected chi connectivity index (χ3v) is 1.92. The summed E-state index contributed by atoms with van der Waals surface area (Å²) in [5.41, 5.74) is 0.562. The summed E-state index contributed by atoms with van der Waals surface area (Å²) in [6, 6.07) is 6.62. The molecule has 2 aromatic rings. The molecule has 0 unspecified atom stereocenters. The maximum Gasteiger partial charge on any atom is 0.192 e. The van der Waals surface area contributed by atoms with E-state index in [2.05, 4.69) is 12.6 Å². The van der Waals surface area contributed by atoms with Gasteiger partial charge in [-0.3, -0.25) is 4.79 Å². The van der Waals surface area contributed by atoms with Crippen molar-refractivity contribution in [3.05, 3.63) is 40.8 Å². The van der Waals surface area contributed by atoms with E-state index < -0.39 is 0 Å². The van der Waals surface area contributed by atoms with E-state index in [-0.39, 0.29) is 5.43 Å². The van der Waals surface area contributed by atoms with Gasteiger partial charge in [0.15, 0.2) is 5.43 Å². The number of fused-ring (bicyclic) bond motifs is 1. The standard InChI is InChI=1S/C9H6O2S/c10-8-3-4-11-9-2-1-6(12)5-7(8)9/h1-5,12H. The second kappa shape index (κ2) is 2.68. The number of rotatable bonds is 0. The molecular weight excluding hydrogens is 172 g/mol. The van der Waals surface area contributed by atoms with Crippen LogP contribution in [0.15, 0.2) is 44.6 Å². The van der Waals surface area contributed by atoms with Crippen LogP contribution in [0, 0.1) is 0 Å². The average Bonchev–Trinajstić information content (AvgIpc) is 2.07. The van der Waals surface area contributed by atoms with Crippen LogP contribution >= 0.6 is 12.6 Å². The highest BCUT2D eigenvalue weighted by atomic mass is 32.1. The molecule has 0 aliphatic heterocycles. The summed E-state index contributed by atoms with van der Waals surface area (Å²) in [6.07, 6.45) is 1.39. The van der Waals surface area contributed by atoms with Crippen LogP contribution in [0.3, 0.4) is 0 Å². The Balaban J connectivity index is 2.98. The topological polar surface area (TPSA) is 30.2 Å². The summed E-state index contributed by atoms with van der Waals surface area (Å²) in [4.78, 5) is 12.0. The molecule has 12 heavy (non-hydrogen) atoms. The van der Waals surface area contributed by atoms with Crippen molar-refractivity contribution in [2.24, 2.45) is 0 Å². The van der Waals surface area contributed by atoms with Crippen molar-refractivity contribution in [1.82, 2.24) is 0 Å². The van der Waals surface area contributed by atoms with Crippen LogP contribution in [0.5, 0.6) is 0 Å². The van der Waals surface area contributed by atoms with Crippen LogP contribution in [-0.4, -0.2) is 0 Å². The number of thiol groups is 1. The normalized spacial score (nSPS) is 10.4. The molecule has 0 N–H and O–H groups in total. The van der Waals surface area contributed by atoms with Crippen LogP contribution in [-0.2, 0) is 0 Å². The smallest absolute Gasteiger partial charge is 0.192 e. The van der Waals surface area contributed by atoms with Gasteiger partial charge < -0.3 is 4.42 Å². The van der Waals surface area contributed by atoms with E-state index in [0.717, 1.165) is 4.90 Å². The molecule has 0 amide bonds. The molecule has 0 fully saturated rings. The fourth-order valence-electron chi connectivity index (χ4n) is 1.07. The highest BCUT2D eigenvalue weighted by Gasteiger charge is 1.98. The first-order valence-corrected chi connectivity index (χ1v) is 3.92. The van der Waals surface area contributed by atoms with Gasteiger partial charge in [0.2, 0.25) is 0 Å². The minimum atomic E-state index is -0.0350. The van der Waals surface area contributed by atoms with E-state index in [1.807, 2.05) is 0 Å². The Morgan fingerprint density at radius 2 is 2.08 bits per heavy atom. The molecule has 3 heteroatoms. The summed E-state index contributed by atoms with van der Waals surface area (Å²) in [6.45, 7) is 0. The van der Waals surface area contributed by atoms with Crippen molar-refractivity contribution in [3.8, 4) is 0 Å². The highest BCUT2D eigenvalue weighted by Crippen LogP contribution is 2.14. The first-order valence-electron chi connectivity index (χ1n) is 3.48. The van der Waals surface area contributed by atoms with Crippen LogP contribution in [0.25, 0.3) is 11.0 Å². The lowest BCUT2D eigenvalue weighted by molar-refractivity contribution is 0.602. The molecule has 0 aliphatic carbocycles. The molecule has 2 rings (SSSR count). The maximum atomic E-state index is 11.2. The lowest BCUT2D eigenvalue weighted by atomic mass is 10.2. The van der Waals surface area contributed by atoms with Crippen molar-refractivity contribution in [3.63, 3.8) is 0 Å². The molecule has 0 radical (unpaired) electrons. The van der Waals surface area contributed by atoms with Gasteiger partial charge in [0.25, 0.3) is 0 Å². The van der Waals surface area contributed by atoms with Gasteiger partial charge in [-0.25, -0.2) is 0 Å². The van der Waals surface area contributed by atoms with E-state index in [4.69, 9.17) is 4.42 Å². The molecular formula is C9H6O2S. The third kappa shape index (κ3) is 1.12. The first kappa shape index (κ1) is 7.43. The van der Waals surface area contributed by atoms with Crippen LogP contribution in [0.2, 0.25) is 0 Å². The average molecular weight is 178 g/mol. The lowest BCUT2D eigenvalue weighted by Crippen LogP contribution is -1.97. The first-order chi connectivity index (χ1) is 5.77. The van der Waals surface area contributed by atoms with Crippen LogP contribution in [0.4, 0.5) is 0 Å². The van der Waals surface area contributed by atoms with Gasteiger partial charge in [-0.1, -0.05) is 0 Å². The Hall–Kier alpha value is -1.22. The summed E-state index contributed by atoms with van der Waals surface area (Å²) in [7, 11) is 0. The SMILES string of the molecule is O=c1ccoc2ccc(S)cc12. The molecule has 1 aromatic heterocycles. The van der Waals surface area contributed by atoms with E-state index in [1.165, 1.54) is 12.3 Å². The number of hydrogen-bond acceptors (Lipinski definition) is 3. The second-order valence-electron chi connectivity index (χ2n) is 2.47. The van der Waals surface area contributed by atoms with Crippen molar-refractivity contribution in [2.45, 2.75) is 4.90 Å². The molecule has 0 atom stereocenters. The molecule has 2 nitrogen and oxygen atoms in total. The Bertz CT molecular complexity index is 473. The van der Waals surface area contributed by atoms with Crippen molar-refractivity contribution < 1.29 is 4.42 Å². The van der Waals surface area contributed by atoms with Gasteiger partial charge in [0.05, 0.1) is 11.6 Å². The van der Waals surface area contributed by atoms with Crippen molar-refractivity contribution >= 4 is 23.6 Å². The fourth-order valence-corrected chi connectivity index (χ4v) is 1.28. The summed E-state index contributed by atoms with van der Waals surface area (Å²) in [5.74, 6) is 0. The largest absolute Gasteiger partial charge is 0.464 e. The summed E-state index contributed by atoms with van der Waals surface area (Å²) in [5, 5.41) is 0.574. The van der Waals surface area contributed by atoms with Gasteiger partial charge in [0, 0.05) is 11.0 Å². The van der Waals surface area contributed by atoms with Gasteiger partial charge in [-0.05, 0) is 18.2 Å². The van der Waals surface area contributed by atoms with E-state index in [1.54, 1.807) is 18.2 Å². The number of benzene rings is 1. The van der Waals surface area contributed by atoms with Crippen LogP contribution < -0.4 is 5.43 Å². The van der Waals surface area contributed by atoms with Gasteiger partial charge >= 0.3 is 0 Å². The molecule has 1 heterocycles. The number of hydrogen-bond donors (Lipinski definition) is 1. The van der Waals surface area contributed by atoms with Crippen molar-refractivity contribution in [2.75, 3.05) is 0 Å². The molecule has 0 bridgehead atoms. The van der Waals surface area contributed by atoms with Gasteiger partial charge in [-0.2, -0.15) is 0 Å². The third-order valence-electron chi connectivity index (χ3n) is 1.64. The van der Waals surface area contributed by atoms with E-state index >= 15 is 0 Å². The minimum absolute atomic E-state index is 0.0350. The van der Waals surface area contributed by atoms with Crippen LogP contribution in [0.1, 0.15) is 0 Å². The Kier molecular flexibility index (Phi) is 1.66. The zero-order valence-electron chi connectivity index (χ0n) is 6.15. The van der Waals surface area contributed by atoms with Gasteiger partial charge in [0.1, 0.15) is 5.58 Å². The highest BCUT2D eigenvalue weighted by molar-refractivity contribution is 7.80. The van der Waals surface area contributed by atoms with Gasteiger partial charge in [-0.15, -0.1) is 12.6 Å². The minimum Gasteiger partial charge on any atom is -0.464 e. The molecule has 0 saturated carbocycles. The molecule has 0 saturated heterocycles. The second-order valence-corrected chi connectivity index (χ2v) is 2.98. The zero-order chi connectivity index (χ0) is 8.55. The quantitative estimate of drug-likeness (QED) is 0.626. The Morgan fingerprint density at radius 1 is 1.25 bits per heavy atom.